The lowest BCUT2D eigenvalue weighted by Crippen LogP contribution is -2.32. The van der Waals surface area contributed by atoms with Gasteiger partial charge in [0.25, 0.3) is 0 Å². The van der Waals surface area contributed by atoms with Gasteiger partial charge in [-0.2, -0.15) is 0 Å². The molecule has 4 nitrogen and oxygen atoms in total. The van der Waals surface area contributed by atoms with E-state index >= 15 is 0 Å². The number of aryl methyl sites for hydroxylation is 2. The Labute approximate surface area is 137 Å². The molecule has 2 atom stereocenters. The molecule has 1 N–H and O–H groups in total. The zero-order valence-electron chi connectivity index (χ0n) is 13.5. The van der Waals surface area contributed by atoms with E-state index in [4.69, 9.17) is 0 Å². The van der Waals surface area contributed by atoms with Crippen molar-refractivity contribution < 1.29 is 4.79 Å². The minimum Gasteiger partial charge on any atom is -0.349 e. The van der Waals surface area contributed by atoms with Gasteiger partial charge in [0.05, 0.1) is 11.7 Å². The molecule has 0 unspecified atom stereocenters. The van der Waals surface area contributed by atoms with Gasteiger partial charge >= 0.3 is 0 Å². The number of nitrogens with zero attached hydrogens (tertiary/aromatic N) is 2. The number of fused-ring (bicyclic) bond motifs is 1. The SMILES string of the molecule is C[C@@H]1CCCc2ccccc2[C@H]1NC(=O)CCc1cnccn1. The Morgan fingerprint density at radius 1 is 1.30 bits per heavy atom. The minimum absolute atomic E-state index is 0.0872. The van der Waals surface area contributed by atoms with E-state index in [-0.39, 0.29) is 11.9 Å². The van der Waals surface area contributed by atoms with Crippen molar-refractivity contribution in [2.75, 3.05) is 0 Å². The van der Waals surface area contributed by atoms with Gasteiger partial charge in [-0.05, 0) is 42.7 Å². The highest BCUT2D eigenvalue weighted by molar-refractivity contribution is 5.76. The summed E-state index contributed by atoms with van der Waals surface area (Å²) in [6, 6.07) is 8.61. The Morgan fingerprint density at radius 2 is 2.17 bits per heavy atom. The van der Waals surface area contributed by atoms with Gasteiger partial charge in [-0.1, -0.05) is 31.2 Å². The molecule has 23 heavy (non-hydrogen) atoms. The maximum absolute atomic E-state index is 12.4. The molecule has 1 heterocycles. The summed E-state index contributed by atoms with van der Waals surface area (Å²) in [5.41, 5.74) is 3.51. The van der Waals surface area contributed by atoms with Gasteiger partial charge in [0.1, 0.15) is 0 Å². The quantitative estimate of drug-likeness (QED) is 0.882. The van der Waals surface area contributed by atoms with E-state index in [0.717, 1.165) is 18.5 Å². The van der Waals surface area contributed by atoms with Crippen LogP contribution in [-0.2, 0) is 17.6 Å². The first kappa shape index (κ1) is 15.7. The molecule has 0 saturated carbocycles. The molecule has 0 spiro atoms. The third-order valence-corrected chi connectivity index (χ3v) is 4.61. The van der Waals surface area contributed by atoms with Gasteiger partial charge in [0.2, 0.25) is 5.91 Å². The normalized spacial score (nSPS) is 20.4. The van der Waals surface area contributed by atoms with Crippen molar-refractivity contribution in [2.45, 2.75) is 45.1 Å². The molecule has 1 aliphatic rings. The lowest BCUT2D eigenvalue weighted by molar-refractivity contribution is -0.122. The summed E-state index contributed by atoms with van der Waals surface area (Å²) in [4.78, 5) is 20.7. The Morgan fingerprint density at radius 3 is 3.00 bits per heavy atom. The molecule has 2 aromatic rings. The average molecular weight is 309 g/mol. The number of carbonyl (C=O) groups is 1. The molecule has 1 aromatic heterocycles. The van der Waals surface area contributed by atoms with E-state index in [2.05, 4.69) is 46.5 Å². The first-order valence-corrected chi connectivity index (χ1v) is 8.36. The second-order valence-electron chi connectivity index (χ2n) is 6.31. The molecule has 0 aliphatic heterocycles. The number of carbonyl (C=O) groups excluding carboxylic acids is 1. The maximum Gasteiger partial charge on any atom is 0.220 e. The Kier molecular flexibility index (Phi) is 5.01. The van der Waals surface area contributed by atoms with Crippen LogP contribution < -0.4 is 5.32 Å². The maximum atomic E-state index is 12.4. The van der Waals surface area contributed by atoms with Crippen molar-refractivity contribution in [1.29, 1.82) is 0 Å². The number of amides is 1. The highest BCUT2D eigenvalue weighted by atomic mass is 16.1. The number of benzene rings is 1. The highest BCUT2D eigenvalue weighted by Crippen LogP contribution is 2.32. The first-order valence-electron chi connectivity index (χ1n) is 8.36. The molecule has 1 amide bonds. The fourth-order valence-electron chi connectivity index (χ4n) is 3.32. The van der Waals surface area contributed by atoms with Crippen molar-refractivity contribution in [2.24, 2.45) is 5.92 Å². The predicted octanol–water partition coefficient (Wildman–Crippen LogP) is 3.24. The zero-order valence-corrected chi connectivity index (χ0v) is 13.5. The van der Waals surface area contributed by atoms with Crippen molar-refractivity contribution in [3.8, 4) is 0 Å². The van der Waals surface area contributed by atoms with E-state index < -0.39 is 0 Å². The van der Waals surface area contributed by atoms with E-state index in [1.54, 1.807) is 18.6 Å². The van der Waals surface area contributed by atoms with Crippen LogP contribution in [0.15, 0.2) is 42.9 Å². The van der Waals surface area contributed by atoms with E-state index in [1.165, 1.54) is 17.5 Å². The number of hydrogen-bond acceptors (Lipinski definition) is 3. The van der Waals surface area contributed by atoms with Crippen LogP contribution in [0.2, 0.25) is 0 Å². The van der Waals surface area contributed by atoms with Crippen molar-refractivity contribution >= 4 is 5.91 Å². The first-order chi connectivity index (χ1) is 11.2. The van der Waals surface area contributed by atoms with Crippen molar-refractivity contribution in [3.63, 3.8) is 0 Å². The topological polar surface area (TPSA) is 54.9 Å². The monoisotopic (exact) mass is 309 g/mol. The second kappa shape index (κ2) is 7.36. The molecule has 3 rings (SSSR count). The molecular formula is C19H23N3O. The molecule has 1 aromatic carbocycles. The Balaban J connectivity index is 1.67. The summed E-state index contributed by atoms with van der Waals surface area (Å²) >= 11 is 0. The van der Waals surface area contributed by atoms with Crippen molar-refractivity contribution in [1.82, 2.24) is 15.3 Å². The van der Waals surface area contributed by atoms with Crippen molar-refractivity contribution in [3.05, 3.63) is 59.7 Å². The standard InChI is InChI=1S/C19H23N3O/c1-14-5-4-7-15-6-2-3-8-17(15)19(14)22-18(23)10-9-16-13-20-11-12-21-16/h2-3,6,8,11-14,19H,4-5,7,9-10H2,1H3,(H,22,23)/t14-,19+/m1/s1. The van der Waals surface area contributed by atoms with Crippen LogP contribution in [0.25, 0.3) is 0 Å². The van der Waals surface area contributed by atoms with Crippen LogP contribution in [0, 0.1) is 5.92 Å². The van der Waals surface area contributed by atoms with Crippen LogP contribution in [0.5, 0.6) is 0 Å². The molecule has 120 valence electrons. The van der Waals surface area contributed by atoms with Gasteiger partial charge in [-0.25, -0.2) is 0 Å². The lowest BCUT2D eigenvalue weighted by atomic mass is 9.92. The fourth-order valence-corrected chi connectivity index (χ4v) is 3.32. The summed E-state index contributed by atoms with van der Waals surface area (Å²) in [5, 5.41) is 3.25. The third-order valence-electron chi connectivity index (χ3n) is 4.61. The zero-order chi connectivity index (χ0) is 16.1. The Bertz CT molecular complexity index is 657. The highest BCUT2D eigenvalue weighted by Gasteiger charge is 2.25. The molecule has 4 heteroatoms. The number of hydrogen-bond donors (Lipinski definition) is 1. The van der Waals surface area contributed by atoms with Gasteiger partial charge in [-0.3, -0.25) is 14.8 Å². The third kappa shape index (κ3) is 3.95. The van der Waals surface area contributed by atoms with E-state index in [1.807, 2.05) is 0 Å². The van der Waals surface area contributed by atoms with Gasteiger partial charge in [-0.15, -0.1) is 0 Å². The average Bonchev–Trinajstić information content (AvgIpc) is 2.74. The van der Waals surface area contributed by atoms with E-state index in [0.29, 0.717) is 18.8 Å². The summed E-state index contributed by atoms with van der Waals surface area (Å²) in [6.45, 7) is 2.23. The molecule has 0 saturated heterocycles. The van der Waals surface area contributed by atoms with Gasteiger partial charge in [0.15, 0.2) is 0 Å². The molecule has 0 fully saturated rings. The van der Waals surface area contributed by atoms with E-state index in [9.17, 15) is 4.79 Å². The van der Waals surface area contributed by atoms with Crippen LogP contribution >= 0.6 is 0 Å². The smallest absolute Gasteiger partial charge is 0.220 e. The summed E-state index contributed by atoms with van der Waals surface area (Å²) < 4.78 is 0. The van der Waals surface area contributed by atoms with Gasteiger partial charge < -0.3 is 5.32 Å². The van der Waals surface area contributed by atoms with Crippen LogP contribution in [0.3, 0.4) is 0 Å². The molecule has 0 bridgehead atoms. The molecular weight excluding hydrogens is 286 g/mol. The minimum atomic E-state index is 0.0872. The second-order valence-corrected chi connectivity index (χ2v) is 6.31. The number of nitrogens with one attached hydrogen (secondary N) is 1. The Hall–Kier alpha value is -2.23. The summed E-state index contributed by atoms with van der Waals surface area (Å²) in [6.07, 6.45) is 9.54. The molecule has 0 radical (unpaired) electrons. The van der Waals surface area contributed by atoms with Crippen LogP contribution in [0.4, 0.5) is 0 Å². The van der Waals surface area contributed by atoms with Crippen LogP contribution in [0.1, 0.15) is 49.0 Å². The largest absolute Gasteiger partial charge is 0.349 e. The predicted molar refractivity (Wildman–Crippen MR) is 89.8 cm³/mol. The number of rotatable bonds is 4. The fraction of sp³-hybridized carbons (Fsp3) is 0.421. The van der Waals surface area contributed by atoms with Gasteiger partial charge in [0, 0.05) is 25.0 Å². The summed E-state index contributed by atoms with van der Waals surface area (Å²) in [5.74, 6) is 0.545. The number of aromatic nitrogens is 2. The molecule has 1 aliphatic carbocycles. The van der Waals surface area contributed by atoms with Crippen LogP contribution in [-0.4, -0.2) is 15.9 Å². The summed E-state index contributed by atoms with van der Waals surface area (Å²) in [7, 11) is 0. The lowest BCUT2D eigenvalue weighted by Gasteiger charge is -2.25.